The molecule has 0 saturated heterocycles. The van der Waals surface area contributed by atoms with Crippen molar-refractivity contribution < 1.29 is 0 Å². The third kappa shape index (κ3) is 6.69. The van der Waals surface area contributed by atoms with Gasteiger partial charge in [-0.15, -0.1) is 0 Å². The van der Waals surface area contributed by atoms with E-state index in [0.29, 0.717) is 5.82 Å². The van der Waals surface area contributed by atoms with Crippen LogP contribution in [-0.4, -0.2) is 23.7 Å². The van der Waals surface area contributed by atoms with Crippen LogP contribution in [0, 0.1) is 20.8 Å². The maximum Gasteiger partial charge on any atom is 0.160 e. The predicted molar refractivity (Wildman–Crippen MR) is 301 cm³/mol. The maximum atomic E-state index is 5.12. The van der Waals surface area contributed by atoms with Gasteiger partial charge in [-0.25, -0.2) is 9.97 Å². The summed E-state index contributed by atoms with van der Waals surface area (Å²) in [5.41, 5.74) is 21.5. The fraction of sp³-hybridized carbons (Fsp3) is 0.0448. The number of hydrogen-bond donors (Lipinski definition) is 0. The fourth-order valence-electron chi connectivity index (χ4n) is 11.3. The SMILES string of the molecule is Cc1ccc2c(c1)c1cc(C)ccc1n2-c1ccc2c(c1)c1cc(-n3c4ccccc4c4ccccc43)ccc1n2-c1ccc(-c2ccc(-c3cc(-c4ccccc4)nc(-c4ccccc4)n3)cc2C)cc1. The number of fused-ring (bicyclic) bond motifs is 9. The second kappa shape index (κ2) is 16.4. The van der Waals surface area contributed by atoms with E-state index in [1.807, 2.05) is 24.3 Å². The molecule has 14 rings (SSSR count). The Bertz CT molecular complexity index is 4290. The average molecular weight is 922 g/mol. The molecule has 0 aliphatic heterocycles. The van der Waals surface area contributed by atoms with Crippen molar-refractivity contribution in [2.24, 2.45) is 0 Å². The van der Waals surface area contributed by atoms with Gasteiger partial charge in [-0.05, 0) is 135 Å². The Labute approximate surface area is 417 Å². The van der Waals surface area contributed by atoms with Crippen LogP contribution < -0.4 is 0 Å². The van der Waals surface area contributed by atoms with E-state index in [9.17, 15) is 0 Å². The van der Waals surface area contributed by atoms with Crippen LogP contribution in [0.15, 0.2) is 231 Å². The van der Waals surface area contributed by atoms with Crippen molar-refractivity contribution in [2.45, 2.75) is 20.8 Å². The smallest absolute Gasteiger partial charge is 0.160 e. The summed E-state index contributed by atoms with van der Waals surface area (Å²) in [4.78, 5) is 10.1. The van der Waals surface area contributed by atoms with E-state index in [1.165, 1.54) is 76.6 Å². The third-order valence-corrected chi connectivity index (χ3v) is 14.7. The lowest BCUT2D eigenvalue weighted by Gasteiger charge is -2.13. The summed E-state index contributed by atoms with van der Waals surface area (Å²) in [6, 6.07) is 83.7. The number of hydrogen-bond acceptors (Lipinski definition) is 2. The van der Waals surface area contributed by atoms with Crippen LogP contribution in [0.3, 0.4) is 0 Å². The first kappa shape index (κ1) is 41.6. The van der Waals surface area contributed by atoms with E-state index in [-0.39, 0.29) is 0 Å². The Hall–Kier alpha value is -9.32. The van der Waals surface area contributed by atoms with Crippen LogP contribution >= 0.6 is 0 Å². The molecule has 0 aliphatic carbocycles. The van der Waals surface area contributed by atoms with E-state index in [2.05, 4.69) is 241 Å². The van der Waals surface area contributed by atoms with Gasteiger partial charge in [0.1, 0.15) is 0 Å². The first-order valence-electron chi connectivity index (χ1n) is 24.7. The van der Waals surface area contributed by atoms with Crippen LogP contribution in [0.5, 0.6) is 0 Å². The lowest BCUT2D eigenvalue weighted by molar-refractivity contribution is 1.16. The highest BCUT2D eigenvalue weighted by Crippen LogP contribution is 2.41. The third-order valence-electron chi connectivity index (χ3n) is 14.7. The minimum Gasteiger partial charge on any atom is -0.309 e. The Kier molecular flexibility index (Phi) is 9.48. The van der Waals surface area contributed by atoms with Crippen LogP contribution in [0.2, 0.25) is 0 Å². The molecule has 4 aromatic heterocycles. The topological polar surface area (TPSA) is 40.6 Å². The molecule has 14 aromatic rings. The molecule has 340 valence electrons. The Morgan fingerprint density at radius 2 is 0.694 bits per heavy atom. The van der Waals surface area contributed by atoms with Crippen LogP contribution in [0.1, 0.15) is 16.7 Å². The van der Waals surface area contributed by atoms with Gasteiger partial charge in [-0.1, -0.05) is 145 Å². The zero-order chi connectivity index (χ0) is 48.0. The van der Waals surface area contributed by atoms with Crippen molar-refractivity contribution >= 4 is 65.4 Å². The largest absolute Gasteiger partial charge is 0.309 e. The number of aromatic nitrogens is 5. The second-order valence-corrected chi connectivity index (χ2v) is 19.3. The van der Waals surface area contributed by atoms with E-state index in [4.69, 9.17) is 9.97 Å². The molecule has 10 aromatic carbocycles. The molecule has 0 unspecified atom stereocenters. The van der Waals surface area contributed by atoms with Gasteiger partial charge in [-0.3, -0.25) is 0 Å². The predicted octanol–water partition coefficient (Wildman–Crippen LogP) is 17.4. The molecule has 0 bridgehead atoms. The highest BCUT2D eigenvalue weighted by molar-refractivity contribution is 6.14. The molecular formula is C67H47N5. The first-order valence-corrected chi connectivity index (χ1v) is 24.7. The fourth-order valence-corrected chi connectivity index (χ4v) is 11.3. The Morgan fingerprint density at radius 3 is 1.24 bits per heavy atom. The summed E-state index contributed by atoms with van der Waals surface area (Å²) in [5, 5.41) is 7.46. The number of para-hydroxylation sites is 2. The molecule has 0 spiro atoms. The molecule has 0 fully saturated rings. The lowest BCUT2D eigenvalue weighted by atomic mass is 9.96. The number of rotatable bonds is 7. The molecule has 0 atom stereocenters. The molecule has 4 heterocycles. The summed E-state index contributed by atoms with van der Waals surface area (Å²) in [6.07, 6.45) is 0. The van der Waals surface area contributed by atoms with Gasteiger partial charge in [0.25, 0.3) is 0 Å². The molecule has 72 heavy (non-hydrogen) atoms. The van der Waals surface area contributed by atoms with Gasteiger partial charge in [0.05, 0.1) is 44.5 Å². The number of benzene rings is 10. The molecule has 0 saturated carbocycles. The standard InChI is InChI=1S/C67H47N5/c1-42-22-32-63-55(36-42)56-37-43(2)23-33-64(56)72(63)51-30-35-66-58(40-51)57-39-50(71-61-20-12-10-18-53(61)54-19-11-13-21-62(54)71)29-34-65(57)70(66)49-27-24-45(25-28-49)52-31-26-48(38-44(52)3)60-41-59(46-14-6-4-7-15-46)68-67(69-60)47-16-8-5-9-17-47/h4-41H,1-3H3. The first-order chi connectivity index (χ1) is 35.4. The molecule has 0 aliphatic rings. The minimum atomic E-state index is 0.713. The van der Waals surface area contributed by atoms with Gasteiger partial charge in [0.15, 0.2) is 5.82 Å². The van der Waals surface area contributed by atoms with Gasteiger partial charge in [0, 0.05) is 66.1 Å². The van der Waals surface area contributed by atoms with E-state index >= 15 is 0 Å². The minimum absolute atomic E-state index is 0.713. The normalized spacial score (nSPS) is 11.8. The van der Waals surface area contributed by atoms with Crippen molar-refractivity contribution in [3.05, 3.63) is 247 Å². The summed E-state index contributed by atoms with van der Waals surface area (Å²) in [7, 11) is 0. The van der Waals surface area contributed by atoms with Crippen molar-refractivity contribution in [1.29, 1.82) is 0 Å². The monoisotopic (exact) mass is 921 g/mol. The van der Waals surface area contributed by atoms with Crippen molar-refractivity contribution in [2.75, 3.05) is 0 Å². The molecule has 5 heteroatoms. The zero-order valence-corrected chi connectivity index (χ0v) is 40.2. The molecule has 5 nitrogen and oxygen atoms in total. The molecule has 0 radical (unpaired) electrons. The second-order valence-electron chi connectivity index (χ2n) is 19.3. The molecule has 0 N–H and O–H groups in total. The molecule has 0 amide bonds. The highest BCUT2D eigenvalue weighted by Gasteiger charge is 2.20. The average Bonchev–Trinajstić information content (AvgIpc) is 4.06. The van der Waals surface area contributed by atoms with Crippen molar-refractivity contribution in [1.82, 2.24) is 23.7 Å². The number of nitrogens with zero attached hydrogens (tertiary/aromatic N) is 5. The molecular weight excluding hydrogens is 875 g/mol. The van der Waals surface area contributed by atoms with Gasteiger partial charge in [-0.2, -0.15) is 0 Å². The van der Waals surface area contributed by atoms with E-state index in [0.717, 1.165) is 61.7 Å². The highest BCUT2D eigenvalue weighted by atomic mass is 15.0. The van der Waals surface area contributed by atoms with Gasteiger partial charge in [0.2, 0.25) is 0 Å². The Morgan fingerprint density at radius 1 is 0.278 bits per heavy atom. The van der Waals surface area contributed by atoms with Crippen molar-refractivity contribution in [3.8, 4) is 62.1 Å². The maximum absolute atomic E-state index is 5.12. The quantitative estimate of drug-likeness (QED) is 0.160. The Balaban J connectivity index is 0.906. The van der Waals surface area contributed by atoms with Crippen LogP contribution in [-0.2, 0) is 0 Å². The van der Waals surface area contributed by atoms with E-state index in [1.54, 1.807) is 0 Å². The van der Waals surface area contributed by atoms with Crippen LogP contribution in [0.4, 0.5) is 0 Å². The summed E-state index contributed by atoms with van der Waals surface area (Å²) < 4.78 is 7.30. The summed E-state index contributed by atoms with van der Waals surface area (Å²) in [6.45, 7) is 6.56. The summed E-state index contributed by atoms with van der Waals surface area (Å²) in [5.74, 6) is 0.713. The summed E-state index contributed by atoms with van der Waals surface area (Å²) >= 11 is 0. The van der Waals surface area contributed by atoms with Crippen molar-refractivity contribution in [3.63, 3.8) is 0 Å². The van der Waals surface area contributed by atoms with E-state index < -0.39 is 0 Å². The zero-order valence-electron chi connectivity index (χ0n) is 40.2. The van der Waals surface area contributed by atoms with Gasteiger partial charge >= 0.3 is 0 Å². The van der Waals surface area contributed by atoms with Gasteiger partial charge < -0.3 is 13.7 Å². The van der Waals surface area contributed by atoms with Crippen LogP contribution in [0.25, 0.3) is 128 Å². The number of aryl methyl sites for hydroxylation is 3. The lowest BCUT2D eigenvalue weighted by Crippen LogP contribution is -1.97.